The first-order valence-corrected chi connectivity index (χ1v) is 9.87. The van der Waals surface area contributed by atoms with Gasteiger partial charge in [-0.15, -0.1) is 0 Å². The second-order valence-corrected chi connectivity index (χ2v) is 8.00. The number of hydrogen-bond acceptors (Lipinski definition) is 8. The predicted octanol–water partition coefficient (Wildman–Crippen LogP) is 0.769. The number of hydrazine groups is 1. The van der Waals surface area contributed by atoms with Crippen LogP contribution in [0.2, 0.25) is 0 Å². The van der Waals surface area contributed by atoms with E-state index in [1.165, 1.54) is 19.3 Å². The number of rotatable bonds is 3. The lowest BCUT2D eigenvalue weighted by atomic mass is 9.78. The Bertz CT molecular complexity index is 813. The smallest absolute Gasteiger partial charge is 0.140 e. The lowest BCUT2D eigenvalue weighted by Crippen LogP contribution is -2.42. The lowest BCUT2D eigenvalue weighted by Gasteiger charge is -2.39. The van der Waals surface area contributed by atoms with Gasteiger partial charge in [0.05, 0.1) is 17.6 Å². The van der Waals surface area contributed by atoms with E-state index in [2.05, 4.69) is 26.1 Å². The summed E-state index contributed by atoms with van der Waals surface area (Å²) >= 11 is 0. The predicted molar refractivity (Wildman–Crippen MR) is 103 cm³/mol. The number of anilines is 1. The molecule has 3 N–H and O–H groups in total. The highest BCUT2D eigenvalue weighted by Crippen LogP contribution is 2.39. The van der Waals surface area contributed by atoms with Crippen molar-refractivity contribution in [3.8, 4) is 0 Å². The summed E-state index contributed by atoms with van der Waals surface area (Å²) in [6.45, 7) is 5.16. The Labute approximate surface area is 159 Å². The molecule has 2 atom stereocenters. The standard InChI is InChI=1S/C19H27N7O/c1-27-18-14(10-22-25-18)16-23-15-11-20-6-2-13(15)17(24-16)26-8-4-19(5-9-26)3-7-21-12-19/h2,6,11,14,18,21-22,25H,3-5,7-10,12H2,1H3. The molecule has 2 aromatic rings. The van der Waals surface area contributed by atoms with E-state index in [0.717, 1.165) is 55.3 Å². The maximum atomic E-state index is 5.55. The molecule has 5 rings (SSSR count). The third-order valence-electron chi connectivity index (χ3n) is 6.47. The molecular formula is C19H27N7O. The molecule has 0 saturated carbocycles. The summed E-state index contributed by atoms with van der Waals surface area (Å²) < 4.78 is 5.55. The number of ether oxygens (including phenoxy) is 1. The summed E-state index contributed by atoms with van der Waals surface area (Å²) in [6, 6.07) is 2.04. The number of hydrogen-bond donors (Lipinski definition) is 3. The summed E-state index contributed by atoms with van der Waals surface area (Å²) in [7, 11) is 1.71. The molecule has 3 fully saturated rings. The number of aromatic nitrogens is 3. The van der Waals surface area contributed by atoms with Crippen LogP contribution in [0.1, 0.15) is 31.0 Å². The summed E-state index contributed by atoms with van der Waals surface area (Å²) in [4.78, 5) is 16.6. The number of fused-ring (bicyclic) bond motifs is 1. The zero-order chi connectivity index (χ0) is 18.3. The Morgan fingerprint density at radius 3 is 2.89 bits per heavy atom. The zero-order valence-corrected chi connectivity index (χ0v) is 15.7. The van der Waals surface area contributed by atoms with E-state index >= 15 is 0 Å². The second kappa shape index (κ2) is 6.94. The summed E-state index contributed by atoms with van der Waals surface area (Å²) in [5, 5.41) is 4.63. The van der Waals surface area contributed by atoms with Gasteiger partial charge in [0, 0.05) is 44.9 Å². The van der Waals surface area contributed by atoms with Crippen molar-refractivity contribution in [3.05, 3.63) is 24.3 Å². The maximum Gasteiger partial charge on any atom is 0.140 e. The van der Waals surface area contributed by atoms with Gasteiger partial charge < -0.3 is 15.0 Å². The second-order valence-electron chi connectivity index (χ2n) is 8.00. The van der Waals surface area contributed by atoms with Crippen LogP contribution in [0, 0.1) is 5.41 Å². The molecule has 2 aromatic heterocycles. The van der Waals surface area contributed by atoms with E-state index in [0.29, 0.717) is 5.41 Å². The Hall–Kier alpha value is -1.87. The van der Waals surface area contributed by atoms with Gasteiger partial charge in [-0.2, -0.15) is 0 Å². The molecular weight excluding hydrogens is 342 g/mol. The first kappa shape index (κ1) is 17.2. The van der Waals surface area contributed by atoms with Crippen LogP contribution in [0.3, 0.4) is 0 Å². The van der Waals surface area contributed by atoms with Crippen molar-refractivity contribution in [3.63, 3.8) is 0 Å². The lowest BCUT2D eigenvalue weighted by molar-refractivity contribution is 0.0720. The van der Waals surface area contributed by atoms with Gasteiger partial charge in [-0.3, -0.25) is 10.4 Å². The van der Waals surface area contributed by atoms with Crippen LogP contribution in [-0.4, -0.2) is 61.0 Å². The molecule has 0 aliphatic carbocycles. The number of piperidine rings is 1. The van der Waals surface area contributed by atoms with Crippen LogP contribution in [0.25, 0.3) is 10.9 Å². The Morgan fingerprint density at radius 1 is 1.22 bits per heavy atom. The van der Waals surface area contributed by atoms with Crippen molar-refractivity contribution in [2.75, 3.05) is 44.7 Å². The average molecular weight is 369 g/mol. The van der Waals surface area contributed by atoms with Crippen molar-refractivity contribution in [2.45, 2.75) is 31.4 Å². The van der Waals surface area contributed by atoms with E-state index in [1.54, 1.807) is 7.11 Å². The number of nitrogens with one attached hydrogen (secondary N) is 3. The molecule has 3 saturated heterocycles. The quantitative estimate of drug-likeness (QED) is 0.731. The molecule has 0 amide bonds. The molecule has 5 heterocycles. The van der Waals surface area contributed by atoms with Crippen LogP contribution in [0.5, 0.6) is 0 Å². The molecule has 0 radical (unpaired) electrons. The Balaban J connectivity index is 1.49. The third kappa shape index (κ3) is 3.06. The van der Waals surface area contributed by atoms with Gasteiger partial charge in [-0.25, -0.2) is 15.4 Å². The highest BCUT2D eigenvalue weighted by molar-refractivity contribution is 5.89. The van der Waals surface area contributed by atoms with E-state index in [1.807, 2.05) is 18.5 Å². The van der Waals surface area contributed by atoms with Gasteiger partial charge in [0.1, 0.15) is 17.9 Å². The van der Waals surface area contributed by atoms with Crippen LogP contribution in [-0.2, 0) is 4.74 Å². The number of nitrogens with zero attached hydrogens (tertiary/aromatic N) is 4. The zero-order valence-electron chi connectivity index (χ0n) is 15.7. The Morgan fingerprint density at radius 2 is 2.11 bits per heavy atom. The van der Waals surface area contributed by atoms with Crippen molar-refractivity contribution in [1.82, 2.24) is 31.1 Å². The summed E-state index contributed by atoms with van der Waals surface area (Å²) in [5.41, 5.74) is 7.70. The van der Waals surface area contributed by atoms with Crippen molar-refractivity contribution < 1.29 is 4.74 Å². The Kier molecular flexibility index (Phi) is 4.43. The van der Waals surface area contributed by atoms with Crippen LogP contribution in [0.4, 0.5) is 5.82 Å². The first-order valence-electron chi connectivity index (χ1n) is 9.87. The van der Waals surface area contributed by atoms with Crippen molar-refractivity contribution in [1.29, 1.82) is 0 Å². The van der Waals surface area contributed by atoms with E-state index in [9.17, 15) is 0 Å². The van der Waals surface area contributed by atoms with Gasteiger partial charge >= 0.3 is 0 Å². The van der Waals surface area contributed by atoms with Crippen molar-refractivity contribution >= 4 is 16.7 Å². The average Bonchev–Trinajstić information content (AvgIpc) is 3.37. The monoisotopic (exact) mass is 369 g/mol. The minimum absolute atomic E-state index is 0.0773. The van der Waals surface area contributed by atoms with E-state index in [-0.39, 0.29) is 12.1 Å². The van der Waals surface area contributed by atoms with Gasteiger partial charge in [0.2, 0.25) is 0 Å². The van der Waals surface area contributed by atoms with E-state index < -0.39 is 0 Å². The van der Waals surface area contributed by atoms with Gasteiger partial charge in [0.15, 0.2) is 0 Å². The van der Waals surface area contributed by atoms with Crippen LogP contribution < -0.4 is 21.1 Å². The topological polar surface area (TPSA) is 87.2 Å². The highest BCUT2D eigenvalue weighted by atomic mass is 16.5. The molecule has 3 aliphatic heterocycles. The largest absolute Gasteiger partial charge is 0.365 e. The van der Waals surface area contributed by atoms with Gasteiger partial charge in [-0.05, 0) is 37.3 Å². The number of pyridine rings is 1. The summed E-state index contributed by atoms with van der Waals surface area (Å²) in [6.07, 6.45) is 7.29. The third-order valence-corrected chi connectivity index (χ3v) is 6.47. The summed E-state index contributed by atoms with van der Waals surface area (Å²) in [5.74, 6) is 1.94. The van der Waals surface area contributed by atoms with Gasteiger partial charge in [-0.1, -0.05) is 0 Å². The fourth-order valence-electron chi connectivity index (χ4n) is 4.73. The molecule has 0 bridgehead atoms. The van der Waals surface area contributed by atoms with Crippen LogP contribution >= 0.6 is 0 Å². The first-order chi connectivity index (χ1) is 13.3. The van der Waals surface area contributed by atoms with Crippen LogP contribution in [0.15, 0.2) is 18.5 Å². The molecule has 3 aliphatic rings. The van der Waals surface area contributed by atoms with Gasteiger partial charge in [0.25, 0.3) is 0 Å². The molecule has 27 heavy (non-hydrogen) atoms. The highest BCUT2D eigenvalue weighted by Gasteiger charge is 2.38. The SMILES string of the molecule is COC1NNCC1c1nc(N2CCC3(CCNC3)CC2)c2ccncc2n1. The fraction of sp³-hybridized carbons (Fsp3) is 0.632. The molecule has 8 heteroatoms. The minimum atomic E-state index is -0.124. The number of methoxy groups -OCH3 is 1. The maximum absolute atomic E-state index is 5.55. The normalized spacial score (nSPS) is 27.7. The minimum Gasteiger partial charge on any atom is -0.365 e. The molecule has 8 nitrogen and oxygen atoms in total. The van der Waals surface area contributed by atoms with Crippen molar-refractivity contribution in [2.24, 2.45) is 5.41 Å². The molecule has 144 valence electrons. The fourth-order valence-corrected chi connectivity index (χ4v) is 4.73. The molecule has 0 aromatic carbocycles. The molecule has 1 spiro atoms. The van der Waals surface area contributed by atoms with E-state index in [4.69, 9.17) is 14.7 Å². The molecule has 2 unspecified atom stereocenters.